The summed E-state index contributed by atoms with van der Waals surface area (Å²) in [5, 5.41) is 9.78. The Bertz CT molecular complexity index is 793. The fourth-order valence-corrected chi connectivity index (χ4v) is 4.07. The molecule has 8 heteroatoms. The molecule has 0 radical (unpaired) electrons. The predicted octanol–water partition coefficient (Wildman–Crippen LogP) is 4.98. The van der Waals surface area contributed by atoms with E-state index in [0.717, 1.165) is 22.8 Å². The standard InChI is InChI=1S/C19H19ClFNO3S.ClH/c20-13-6-7-18(26-15-4-1-3-14(21)12-15)17(11-13)25-10-9-22-8-2-5-16(22)19(23)24;/h1,3-4,6-7,11-12,16H,2,5,8-10H2,(H,23,24);1H. The van der Waals surface area contributed by atoms with Crippen molar-refractivity contribution in [3.8, 4) is 5.75 Å². The molecule has 1 saturated heterocycles. The summed E-state index contributed by atoms with van der Waals surface area (Å²) >= 11 is 7.47. The molecule has 1 fully saturated rings. The average molecular weight is 432 g/mol. The Kier molecular flexibility index (Phi) is 8.23. The van der Waals surface area contributed by atoms with Crippen LogP contribution < -0.4 is 4.74 Å². The molecule has 0 aromatic heterocycles. The summed E-state index contributed by atoms with van der Waals surface area (Å²) in [5.74, 6) is -0.467. The van der Waals surface area contributed by atoms with E-state index >= 15 is 0 Å². The number of rotatable bonds is 7. The molecule has 1 aliphatic rings. The van der Waals surface area contributed by atoms with Gasteiger partial charge in [0.1, 0.15) is 24.2 Å². The van der Waals surface area contributed by atoms with Crippen molar-refractivity contribution in [3.63, 3.8) is 0 Å². The minimum atomic E-state index is -0.785. The van der Waals surface area contributed by atoms with E-state index in [9.17, 15) is 14.3 Å². The first-order chi connectivity index (χ1) is 12.5. The fourth-order valence-electron chi connectivity index (χ4n) is 2.98. The summed E-state index contributed by atoms with van der Waals surface area (Å²) in [7, 11) is 0. The van der Waals surface area contributed by atoms with E-state index in [4.69, 9.17) is 16.3 Å². The number of carboxylic acids is 1. The molecule has 1 atom stereocenters. The molecule has 1 unspecified atom stereocenters. The normalized spacial score (nSPS) is 16.7. The highest BCUT2D eigenvalue weighted by molar-refractivity contribution is 7.99. The van der Waals surface area contributed by atoms with Crippen LogP contribution in [0.25, 0.3) is 0 Å². The largest absolute Gasteiger partial charge is 0.491 e. The molecule has 2 aromatic rings. The van der Waals surface area contributed by atoms with Crippen molar-refractivity contribution in [3.05, 3.63) is 53.3 Å². The van der Waals surface area contributed by atoms with Crippen molar-refractivity contribution in [1.29, 1.82) is 0 Å². The van der Waals surface area contributed by atoms with Crippen LogP contribution in [0.2, 0.25) is 5.02 Å². The van der Waals surface area contributed by atoms with E-state index in [1.54, 1.807) is 18.2 Å². The minimum absolute atomic E-state index is 0. The van der Waals surface area contributed by atoms with Gasteiger partial charge in [-0.1, -0.05) is 29.4 Å². The number of hydrogen-bond acceptors (Lipinski definition) is 4. The van der Waals surface area contributed by atoms with E-state index in [-0.39, 0.29) is 18.2 Å². The van der Waals surface area contributed by atoms with Gasteiger partial charge in [0.05, 0.1) is 4.90 Å². The van der Waals surface area contributed by atoms with Crippen molar-refractivity contribution < 1.29 is 19.0 Å². The molecule has 1 aliphatic heterocycles. The Morgan fingerprint density at radius 2 is 2.15 bits per heavy atom. The number of ether oxygens (including phenoxy) is 1. The number of hydrogen-bond donors (Lipinski definition) is 1. The average Bonchev–Trinajstić information content (AvgIpc) is 3.06. The molecule has 0 spiro atoms. The molecule has 3 rings (SSSR count). The summed E-state index contributed by atoms with van der Waals surface area (Å²) in [5.41, 5.74) is 0. The Hall–Kier alpha value is -1.47. The Labute approximate surface area is 173 Å². The summed E-state index contributed by atoms with van der Waals surface area (Å²) < 4.78 is 19.3. The maximum Gasteiger partial charge on any atom is 0.320 e. The lowest BCUT2D eigenvalue weighted by atomic mass is 10.2. The van der Waals surface area contributed by atoms with Gasteiger partial charge in [0.2, 0.25) is 0 Å². The highest BCUT2D eigenvalue weighted by Crippen LogP contribution is 2.36. The lowest BCUT2D eigenvalue weighted by molar-refractivity contribution is -0.142. The van der Waals surface area contributed by atoms with Gasteiger partial charge in [-0.25, -0.2) is 4.39 Å². The highest BCUT2D eigenvalue weighted by Gasteiger charge is 2.30. The van der Waals surface area contributed by atoms with E-state index in [2.05, 4.69) is 0 Å². The van der Waals surface area contributed by atoms with Crippen LogP contribution in [0.1, 0.15) is 12.8 Å². The molecular weight excluding hydrogens is 412 g/mol. The molecule has 146 valence electrons. The monoisotopic (exact) mass is 431 g/mol. The van der Waals surface area contributed by atoms with Gasteiger partial charge in [-0.05, 0) is 55.8 Å². The summed E-state index contributed by atoms with van der Waals surface area (Å²) in [6.07, 6.45) is 1.56. The SMILES string of the molecule is Cl.O=C(O)C1CCCN1CCOc1cc(Cl)ccc1Sc1cccc(F)c1. The quantitative estimate of drug-likeness (QED) is 0.669. The van der Waals surface area contributed by atoms with Gasteiger partial charge in [0, 0.05) is 16.5 Å². The van der Waals surface area contributed by atoms with Gasteiger partial charge >= 0.3 is 5.97 Å². The number of nitrogens with zero attached hydrogens (tertiary/aromatic N) is 1. The zero-order valence-electron chi connectivity index (χ0n) is 14.4. The van der Waals surface area contributed by atoms with Crippen LogP contribution in [0.3, 0.4) is 0 Å². The van der Waals surface area contributed by atoms with E-state index in [1.165, 1.54) is 23.9 Å². The van der Waals surface area contributed by atoms with Crippen LogP contribution in [0.15, 0.2) is 52.3 Å². The van der Waals surface area contributed by atoms with Gasteiger partial charge in [-0.2, -0.15) is 0 Å². The van der Waals surface area contributed by atoms with Crippen LogP contribution in [-0.4, -0.2) is 41.7 Å². The second-order valence-electron chi connectivity index (χ2n) is 6.03. The van der Waals surface area contributed by atoms with Crippen molar-refractivity contribution in [2.24, 2.45) is 0 Å². The summed E-state index contributed by atoms with van der Waals surface area (Å²) in [6, 6.07) is 11.2. The van der Waals surface area contributed by atoms with E-state index < -0.39 is 12.0 Å². The number of aliphatic carboxylic acids is 1. The topological polar surface area (TPSA) is 49.8 Å². The molecule has 1 N–H and O–H groups in total. The molecule has 2 aromatic carbocycles. The number of carboxylic acid groups (broad SMARTS) is 1. The van der Waals surface area contributed by atoms with Gasteiger partial charge in [-0.15, -0.1) is 12.4 Å². The van der Waals surface area contributed by atoms with Crippen LogP contribution in [-0.2, 0) is 4.79 Å². The van der Waals surface area contributed by atoms with Gasteiger partial charge in [0.15, 0.2) is 0 Å². The number of halogens is 3. The highest BCUT2D eigenvalue weighted by atomic mass is 35.5. The second-order valence-corrected chi connectivity index (χ2v) is 7.58. The van der Waals surface area contributed by atoms with E-state index in [1.807, 2.05) is 17.0 Å². The van der Waals surface area contributed by atoms with Crippen molar-refractivity contribution in [2.75, 3.05) is 19.7 Å². The predicted molar refractivity (Wildman–Crippen MR) is 107 cm³/mol. The first-order valence-corrected chi connectivity index (χ1v) is 9.55. The second kappa shape index (κ2) is 10.2. The molecule has 0 bridgehead atoms. The number of carbonyl (C=O) groups is 1. The van der Waals surface area contributed by atoms with Crippen molar-refractivity contribution in [2.45, 2.75) is 28.7 Å². The molecule has 4 nitrogen and oxygen atoms in total. The van der Waals surface area contributed by atoms with E-state index in [0.29, 0.717) is 30.3 Å². The molecule has 1 heterocycles. The molecule has 0 amide bonds. The fraction of sp³-hybridized carbons (Fsp3) is 0.316. The third-order valence-electron chi connectivity index (χ3n) is 4.21. The van der Waals surface area contributed by atoms with Crippen LogP contribution in [0.4, 0.5) is 4.39 Å². The smallest absolute Gasteiger partial charge is 0.320 e. The Morgan fingerprint density at radius 3 is 2.89 bits per heavy atom. The first-order valence-electron chi connectivity index (χ1n) is 8.35. The lowest BCUT2D eigenvalue weighted by Gasteiger charge is -2.21. The summed E-state index contributed by atoms with van der Waals surface area (Å²) in [6.45, 7) is 1.66. The van der Waals surface area contributed by atoms with Crippen LogP contribution in [0.5, 0.6) is 5.75 Å². The van der Waals surface area contributed by atoms with Crippen molar-refractivity contribution in [1.82, 2.24) is 4.90 Å². The first kappa shape index (κ1) is 21.8. The zero-order valence-corrected chi connectivity index (χ0v) is 16.8. The molecular formula is C19H20Cl2FNO3S. The Morgan fingerprint density at radius 1 is 1.33 bits per heavy atom. The molecule has 0 aliphatic carbocycles. The number of likely N-dealkylation sites (tertiary alicyclic amines) is 1. The van der Waals surface area contributed by atoms with Gasteiger partial charge in [0.25, 0.3) is 0 Å². The third-order valence-corrected chi connectivity index (χ3v) is 5.50. The van der Waals surface area contributed by atoms with Crippen molar-refractivity contribution >= 4 is 41.7 Å². The van der Waals surface area contributed by atoms with Crippen LogP contribution >= 0.6 is 35.8 Å². The molecule has 0 saturated carbocycles. The van der Waals surface area contributed by atoms with Crippen LogP contribution in [0, 0.1) is 5.82 Å². The summed E-state index contributed by atoms with van der Waals surface area (Å²) in [4.78, 5) is 14.8. The zero-order chi connectivity index (χ0) is 18.5. The maximum atomic E-state index is 13.4. The molecule has 27 heavy (non-hydrogen) atoms. The van der Waals surface area contributed by atoms with Gasteiger partial charge < -0.3 is 9.84 Å². The number of benzene rings is 2. The Balaban J connectivity index is 0.00000261. The maximum absolute atomic E-state index is 13.4. The third kappa shape index (κ3) is 6.01. The van der Waals surface area contributed by atoms with Gasteiger partial charge in [-0.3, -0.25) is 9.69 Å². The lowest BCUT2D eigenvalue weighted by Crippen LogP contribution is -2.38. The minimum Gasteiger partial charge on any atom is -0.491 e.